The second-order valence-corrected chi connectivity index (χ2v) is 7.48. The predicted molar refractivity (Wildman–Crippen MR) is 79.2 cm³/mol. The van der Waals surface area contributed by atoms with Crippen molar-refractivity contribution < 1.29 is 14.1 Å². The van der Waals surface area contributed by atoms with Crippen LogP contribution in [0.2, 0.25) is 0 Å². The number of carbonyl (C=O) groups excluding carboxylic acids is 1. The van der Waals surface area contributed by atoms with Crippen molar-refractivity contribution in [2.24, 2.45) is 5.92 Å². The van der Waals surface area contributed by atoms with Gasteiger partial charge in [0, 0.05) is 13.1 Å². The Morgan fingerprint density at radius 3 is 2.42 bits per heavy atom. The number of hydrogen-bond donors (Lipinski definition) is 1. The first kappa shape index (κ1) is 18.4. The van der Waals surface area contributed by atoms with Crippen LogP contribution in [0.25, 0.3) is 0 Å². The topological polar surface area (TPSA) is 58.6 Å². The molecule has 2 unspecified atom stereocenters. The summed E-state index contributed by atoms with van der Waals surface area (Å²) in [5.74, 6) is -0.580. The summed E-state index contributed by atoms with van der Waals surface area (Å²) in [6.45, 7) is 7.89. The van der Waals surface area contributed by atoms with Crippen molar-refractivity contribution in [2.75, 3.05) is 20.2 Å². The highest BCUT2D eigenvalue weighted by atomic mass is 35.7. The zero-order chi connectivity index (χ0) is 15.1. The Morgan fingerprint density at radius 2 is 2.05 bits per heavy atom. The molecule has 0 saturated heterocycles. The molecule has 0 rings (SSSR count). The van der Waals surface area contributed by atoms with Crippen LogP contribution in [-0.4, -0.2) is 36.9 Å². The predicted octanol–water partition coefficient (Wildman–Crippen LogP) is 2.79. The fourth-order valence-corrected chi connectivity index (χ4v) is 3.85. The zero-order valence-electron chi connectivity index (χ0n) is 11.6. The highest BCUT2D eigenvalue weighted by Crippen LogP contribution is 2.52. The van der Waals surface area contributed by atoms with Crippen LogP contribution in [0.4, 0.5) is 0 Å². The van der Waals surface area contributed by atoms with E-state index in [-0.39, 0.29) is 19.0 Å². The number of rotatable bonds is 9. The summed E-state index contributed by atoms with van der Waals surface area (Å²) in [5.41, 5.74) is 0. The van der Waals surface area contributed by atoms with Crippen LogP contribution in [-0.2, 0) is 14.1 Å². The summed E-state index contributed by atoms with van der Waals surface area (Å²) < 4.78 is 18.7. The van der Waals surface area contributed by atoms with Crippen LogP contribution in [0.3, 0.4) is 0 Å². The molecule has 1 N–H and O–H groups in total. The van der Waals surface area contributed by atoms with Crippen molar-refractivity contribution in [2.45, 2.75) is 19.9 Å². The van der Waals surface area contributed by atoms with E-state index in [4.69, 9.17) is 16.0 Å². The molecule has 0 saturated carbocycles. The molecule has 5 nitrogen and oxygen atoms in total. The van der Waals surface area contributed by atoms with Crippen LogP contribution in [0, 0.1) is 5.92 Å². The molecule has 0 aromatic rings. The molecule has 0 spiro atoms. The maximum atomic E-state index is 12.5. The van der Waals surface area contributed by atoms with Crippen LogP contribution in [0.15, 0.2) is 25.3 Å². The third-order valence-electron chi connectivity index (χ3n) is 2.47. The molecule has 0 amide bonds. The number of esters is 1. The van der Waals surface area contributed by atoms with Gasteiger partial charge in [0.25, 0.3) is 0 Å². The smallest absolute Gasteiger partial charge is 0.323 e. The summed E-state index contributed by atoms with van der Waals surface area (Å²) in [4.78, 5) is 11.9. The lowest BCUT2D eigenvalue weighted by Gasteiger charge is -2.34. The second-order valence-electron chi connectivity index (χ2n) is 4.28. The Morgan fingerprint density at radius 1 is 1.47 bits per heavy atom. The molecule has 0 bridgehead atoms. The highest BCUT2D eigenvalue weighted by molar-refractivity contribution is 7.85. The van der Waals surface area contributed by atoms with Gasteiger partial charge in [-0.15, -0.1) is 13.2 Å². The van der Waals surface area contributed by atoms with Crippen molar-refractivity contribution in [3.05, 3.63) is 25.3 Å². The fourth-order valence-electron chi connectivity index (χ4n) is 1.64. The van der Waals surface area contributed by atoms with E-state index in [0.29, 0.717) is 0 Å². The number of carbonyl (C=O) groups is 1. The number of hydrogen-bond acceptors (Lipinski definition) is 3. The standard InChI is InChI=1S/C12H22ClN2O3P/c1-6-8-14-19(13,17)15(9-7-2)11(10(3)4)12(16)18-5/h6-7,10-11H,1-2,8-9H2,3-5H3,(H,14,17). The molecule has 0 heterocycles. The third-order valence-corrected chi connectivity index (χ3v) is 5.06. The molecule has 0 aromatic carbocycles. The van der Waals surface area contributed by atoms with Crippen molar-refractivity contribution in [1.29, 1.82) is 0 Å². The zero-order valence-corrected chi connectivity index (χ0v) is 13.3. The SMILES string of the molecule is C=CCNP(=O)(Cl)N(CC=C)C(C(=O)OC)C(C)C. The Hall–Kier alpha value is -0.610. The van der Waals surface area contributed by atoms with Gasteiger partial charge in [-0.1, -0.05) is 26.0 Å². The lowest BCUT2D eigenvalue weighted by molar-refractivity contribution is -0.146. The molecule has 0 fully saturated rings. The van der Waals surface area contributed by atoms with Crippen LogP contribution in [0.1, 0.15) is 13.8 Å². The molecule has 110 valence electrons. The van der Waals surface area contributed by atoms with Gasteiger partial charge in [0.15, 0.2) is 0 Å². The summed E-state index contributed by atoms with van der Waals surface area (Å²) in [6, 6.07) is -0.705. The minimum absolute atomic E-state index is 0.106. The van der Waals surface area contributed by atoms with Gasteiger partial charge >= 0.3 is 12.8 Å². The number of ether oxygens (including phenoxy) is 1. The Balaban J connectivity index is 5.34. The van der Waals surface area contributed by atoms with Crippen LogP contribution < -0.4 is 5.09 Å². The highest BCUT2D eigenvalue weighted by Gasteiger charge is 2.39. The Labute approximate surface area is 119 Å². The number of halogens is 1. The van der Waals surface area contributed by atoms with E-state index in [1.54, 1.807) is 12.2 Å². The van der Waals surface area contributed by atoms with Gasteiger partial charge < -0.3 is 4.74 Å². The van der Waals surface area contributed by atoms with E-state index in [2.05, 4.69) is 18.2 Å². The van der Waals surface area contributed by atoms with Crippen molar-refractivity contribution in [3.8, 4) is 0 Å². The Bertz CT molecular complexity index is 374. The largest absolute Gasteiger partial charge is 0.468 e. The average molecular weight is 309 g/mol. The third kappa shape index (κ3) is 5.49. The minimum Gasteiger partial charge on any atom is -0.468 e. The first-order valence-electron chi connectivity index (χ1n) is 5.93. The summed E-state index contributed by atoms with van der Waals surface area (Å²) in [7, 11) is 1.29. The number of nitrogens with zero attached hydrogens (tertiary/aromatic N) is 1. The molecule has 19 heavy (non-hydrogen) atoms. The van der Waals surface area contributed by atoms with Gasteiger partial charge in [0.05, 0.1) is 7.11 Å². The lowest BCUT2D eigenvalue weighted by Crippen LogP contribution is -2.44. The molecule has 0 aliphatic carbocycles. The first-order valence-corrected chi connectivity index (χ1v) is 8.49. The first-order chi connectivity index (χ1) is 8.81. The molecular weight excluding hydrogens is 287 g/mol. The lowest BCUT2D eigenvalue weighted by atomic mass is 10.0. The van der Waals surface area contributed by atoms with Crippen molar-refractivity contribution in [1.82, 2.24) is 9.76 Å². The summed E-state index contributed by atoms with van der Waals surface area (Å²) in [6.07, 6.45) is 3.09. The number of methoxy groups -OCH3 is 1. The van der Waals surface area contributed by atoms with E-state index in [0.717, 1.165) is 0 Å². The maximum Gasteiger partial charge on any atom is 0.323 e. The van der Waals surface area contributed by atoms with Gasteiger partial charge in [-0.25, -0.2) is 9.76 Å². The molecular formula is C12H22ClN2O3P. The minimum atomic E-state index is -3.40. The monoisotopic (exact) mass is 308 g/mol. The molecule has 2 atom stereocenters. The molecule has 0 radical (unpaired) electrons. The van der Waals surface area contributed by atoms with E-state index in [1.165, 1.54) is 11.8 Å². The number of nitrogens with one attached hydrogen (secondary N) is 1. The van der Waals surface area contributed by atoms with E-state index < -0.39 is 18.8 Å². The van der Waals surface area contributed by atoms with E-state index in [1.807, 2.05) is 13.8 Å². The maximum absolute atomic E-state index is 12.5. The average Bonchev–Trinajstić information content (AvgIpc) is 2.35. The molecule has 0 aromatic heterocycles. The molecule has 7 heteroatoms. The second kappa shape index (κ2) is 8.54. The van der Waals surface area contributed by atoms with Gasteiger partial charge in [-0.2, -0.15) is 0 Å². The van der Waals surface area contributed by atoms with Gasteiger partial charge in [-0.3, -0.25) is 9.36 Å². The van der Waals surface area contributed by atoms with E-state index in [9.17, 15) is 9.36 Å². The van der Waals surface area contributed by atoms with Crippen LogP contribution in [0.5, 0.6) is 0 Å². The molecule has 0 aliphatic rings. The van der Waals surface area contributed by atoms with Gasteiger partial charge in [0.2, 0.25) is 0 Å². The van der Waals surface area contributed by atoms with Crippen molar-refractivity contribution in [3.63, 3.8) is 0 Å². The normalized spacial score (nSPS) is 15.9. The Kier molecular flexibility index (Phi) is 8.26. The quantitative estimate of drug-likeness (QED) is 0.403. The molecule has 0 aliphatic heterocycles. The summed E-state index contributed by atoms with van der Waals surface area (Å²) in [5, 5.41) is 2.68. The van der Waals surface area contributed by atoms with E-state index >= 15 is 0 Å². The van der Waals surface area contributed by atoms with Crippen LogP contribution >= 0.6 is 18.0 Å². The van der Waals surface area contributed by atoms with Gasteiger partial charge in [0.1, 0.15) is 6.04 Å². The van der Waals surface area contributed by atoms with Gasteiger partial charge in [-0.05, 0) is 17.2 Å². The van der Waals surface area contributed by atoms with Crippen molar-refractivity contribution >= 4 is 24.0 Å². The summed E-state index contributed by atoms with van der Waals surface area (Å²) >= 11 is 6.07. The fraction of sp³-hybridized carbons (Fsp3) is 0.583.